The maximum absolute atomic E-state index is 12.4. The molecule has 1 heterocycles. The van der Waals surface area contributed by atoms with Crippen molar-refractivity contribution in [3.8, 4) is 0 Å². The van der Waals surface area contributed by atoms with Gasteiger partial charge in [-0.1, -0.05) is 19.6 Å². The van der Waals surface area contributed by atoms with E-state index in [1.807, 2.05) is 6.92 Å². The predicted molar refractivity (Wildman–Crippen MR) is 95.0 cm³/mol. The highest BCUT2D eigenvalue weighted by atomic mass is 16.6. The molecule has 0 spiro atoms. The number of hydrogen-bond donors (Lipinski definition) is 1. The maximum atomic E-state index is 12.4. The quantitative estimate of drug-likeness (QED) is 0.424. The number of aliphatic hydroxyl groups excluding tert-OH is 1. The second kappa shape index (κ2) is 8.45. The molecule has 0 radical (unpaired) electrons. The van der Waals surface area contributed by atoms with Gasteiger partial charge in [0.25, 0.3) is 0 Å². The summed E-state index contributed by atoms with van der Waals surface area (Å²) in [5.41, 5.74) is 1.90. The van der Waals surface area contributed by atoms with Crippen LogP contribution in [0.3, 0.4) is 0 Å². The van der Waals surface area contributed by atoms with Crippen molar-refractivity contribution in [2.75, 3.05) is 6.61 Å². The number of aliphatic hydroxyl groups is 1. The van der Waals surface area contributed by atoms with Gasteiger partial charge in [-0.2, -0.15) is 0 Å². The van der Waals surface area contributed by atoms with Gasteiger partial charge in [0.05, 0.1) is 5.92 Å². The van der Waals surface area contributed by atoms with Gasteiger partial charge in [0.1, 0.15) is 18.5 Å². The number of carbonyl (C=O) groups is 3. The van der Waals surface area contributed by atoms with Crippen LogP contribution in [0.15, 0.2) is 34.9 Å². The summed E-state index contributed by atoms with van der Waals surface area (Å²) >= 11 is 0. The van der Waals surface area contributed by atoms with Crippen molar-refractivity contribution in [3.05, 3.63) is 34.9 Å². The van der Waals surface area contributed by atoms with Gasteiger partial charge in [-0.25, -0.2) is 9.59 Å². The highest BCUT2D eigenvalue weighted by Gasteiger charge is 2.50. The van der Waals surface area contributed by atoms with Gasteiger partial charge in [0, 0.05) is 24.2 Å². The summed E-state index contributed by atoms with van der Waals surface area (Å²) in [6, 6.07) is 0. The average molecular weight is 362 g/mol. The molecule has 6 heteroatoms. The van der Waals surface area contributed by atoms with E-state index in [0.717, 1.165) is 6.29 Å². The molecular weight excluding hydrogens is 336 g/mol. The number of ether oxygens (including phenoxy) is 2. The number of aldehydes is 1. The van der Waals surface area contributed by atoms with Crippen molar-refractivity contribution in [2.45, 2.75) is 52.2 Å². The Hall–Kier alpha value is -2.21. The Kier molecular flexibility index (Phi) is 6.53. The first-order valence-corrected chi connectivity index (χ1v) is 8.88. The van der Waals surface area contributed by atoms with E-state index in [2.05, 4.69) is 6.58 Å². The van der Waals surface area contributed by atoms with Crippen LogP contribution in [0.2, 0.25) is 0 Å². The van der Waals surface area contributed by atoms with Crippen LogP contribution in [-0.4, -0.2) is 42.1 Å². The van der Waals surface area contributed by atoms with Crippen molar-refractivity contribution in [1.29, 1.82) is 0 Å². The summed E-state index contributed by atoms with van der Waals surface area (Å²) in [4.78, 5) is 36.1. The molecule has 26 heavy (non-hydrogen) atoms. The molecule has 6 nitrogen and oxygen atoms in total. The first kappa shape index (κ1) is 20.1. The smallest absolute Gasteiger partial charge is 0.334 e. The highest BCUT2D eigenvalue weighted by molar-refractivity contribution is 5.93. The van der Waals surface area contributed by atoms with Gasteiger partial charge in [0.15, 0.2) is 0 Å². The van der Waals surface area contributed by atoms with Crippen LogP contribution in [0.5, 0.6) is 0 Å². The van der Waals surface area contributed by atoms with E-state index >= 15 is 0 Å². The Morgan fingerprint density at radius 1 is 1.50 bits per heavy atom. The first-order valence-electron chi connectivity index (χ1n) is 8.88. The topological polar surface area (TPSA) is 89.9 Å². The lowest BCUT2D eigenvalue weighted by atomic mass is 9.73. The second-order valence-electron chi connectivity index (χ2n) is 6.86. The molecule has 0 unspecified atom stereocenters. The van der Waals surface area contributed by atoms with Crippen LogP contribution in [0, 0.1) is 11.8 Å². The fourth-order valence-corrected chi connectivity index (χ4v) is 3.63. The molecular formula is C20H26O6. The Balaban J connectivity index is 2.46. The molecule has 142 valence electrons. The largest absolute Gasteiger partial charge is 0.458 e. The van der Waals surface area contributed by atoms with E-state index in [0.29, 0.717) is 29.6 Å². The van der Waals surface area contributed by atoms with Crippen LogP contribution in [-0.2, 0) is 23.9 Å². The minimum atomic E-state index is -0.774. The van der Waals surface area contributed by atoms with E-state index in [1.54, 1.807) is 19.9 Å². The molecule has 1 aliphatic carbocycles. The normalized spacial score (nSPS) is 27.1. The van der Waals surface area contributed by atoms with E-state index in [1.165, 1.54) is 0 Å². The Labute approximate surface area is 153 Å². The van der Waals surface area contributed by atoms with Gasteiger partial charge in [0.2, 0.25) is 0 Å². The van der Waals surface area contributed by atoms with Crippen LogP contribution in [0.1, 0.15) is 40.0 Å². The number of esters is 2. The van der Waals surface area contributed by atoms with Gasteiger partial charge >= 0.3 is 11.9 Å². The molecule has 0 aromatic heterocycles. The third-order valence-corrected chi connectivity index (χ3v) is 5.21. The second-order valence-corrected chi connectivity index (χ2v) is 6.86. The molecule has 2 aliphatic rings. The summed E-state index contributed by atoms with van der Waals surface area (Å²) in [5.74, 6) is -1.59. The molecule has 0 saturated carbocycles. The van der Waals surface area contributed by atoms with E-state index in [4.69, 9.17) is 14.6 Å². The lowest BCUT2D eigenvalue weighted by Crippen LogP contribution is -2.41. The molecule has 4 atom stereocenters. The minimum Gasteiger partial charge on any atom is -0.458 e. The van der Waals surface area contributed by atoms with E-state index in [9.17, 15) is 14.4 Å². The fraction of sp³-hybridized carbons (Fsp3) is 0.550. The monoisotopic (exact) mass is 362 g/mol. The van der Waals surface area contributed by atoms with Crippen LogP contribution < -0.4 is 0 Å². The van der Waals surface area contributed by atoms with Crippen molar-refractivity contribution < 1.29 is 29.0 Å². The lowest BCUT2D eigenvalue weighted by Gasteiger charge is -2.37. The molecule has 1 fully saturated rings. The van der Waals surface area contributed by atoms with Crippen LogP contribution in [0.25, 0.3) is 0 Å². The number of allylic oxidation sites excluding steroid dienone is 1. The molecule has 1 aliphatic heterocycles. The Bertz CT molecular complexity index is 672. The van der Waals surface area contributed by atoms with E-state index < -0.39 is 30.1 Å². The van der Waals surface area contributed by atoms with Gasteiger partial charge in [-0.3, -0.25) is 4.79 Å². The zero-order valence-electron chi connectivity index (χ0n) is 15.5. The van der Waals surface area contributed by atoms with E-state index in [-0.39, 0.29) is 24.5 Å². The van der Waals surface area contributed by atoms with Crippen LogP contribution in [0.4, 0.5) is 0 Å². The molecule has 1 N–H and O–H groups in total. The van der Waals surface area contributed by atoms with Crippen molar-refractivity contribution in [2.24, 2.45) is 11.8 Å². The molecule has 2 rings (SSSR count). The SMILES string of the molecule is C=C1C(=O)O[C@H]2CC(C=O)=C([C@H](C)CCCO)[C@H](OC(=O)/C(C)=C\C)[C@@H]12. The maximum Gasteiger partial charge on any atom is 0.334 e. The zero-order valence-corrected chi connectivity index (χ0v) is 15.5. The van der Waals surface area contributed by atoms with Gasteiger partial charge < -0.3 is 14.6 Å². The molecule has 1 saturated heterocycles. The Morgan fingerprint density at radius 3 is 2.77 bits per heavy atom. The number of rotatable bonds is 7. The van der Waals surface area contributed by atoms with Crippen molar-refractivity contribution in [3.63, 3.8) is 0 Å². The summed E-state index contributed by atoms with van der Waals surface area (Å²) < 4.78 is 11.1. The fourth-order valence-electron chi connectivity index (χ4n) is 3.63. The van der Waals surface area contributed by atoms with Gasteiger partial charge in [-0.05, 0) is 43.8 Å². The van der Waals surface area contributed by atoms with Gasteiger partial charge in [-0.15, -0.1) is 0 Å². The predicted octanol–water partition coefficient (Wildman–Crippen LogP) is 2.27. The lowest BCUT2D eigenvalue weighted by molar-refractivity contribution is -0.147. The zero-order chi connectivity index (χ0) is 19.4. The third kappa shape index (κ3) is 3.80. The molecule has 0 aromatic carbocycles. The summed E-state index contributed by atoms with van der Waals surface area (Å²) in [6.45, 7) is 9.17. The Morgan fingerprint density at radius 2 is 2.19 bits per heavy atom. The standard InChI is InChI=1S/C20H26O6/c1-5-11(2)19(23)26-18-16(12(3)7-6-8-21)14(10-22)9-15-17(18)13(4)20(24)25-15/h5,10,12,15,17-18,21H,4,6-9H2,1-3H3/b11-5-/t12-,15+,17+,18+/m1/s1. The first-order chi connectivity index (χ1) is 12.3. The summed E-state index contributed by atoms with van der Waals surface area (Å²) in [7, 11) is 0. The number of fused-ring (bicyclic) bond motifs is 1. The third-order valence-electron chi connectivity index (χ3n) is 5.21. The number of hydrogen-bond acceptors (Lipinski definition) is 6. The summed E-state index contributed by atoms with van der Waals surface area (Å²) in [6.07, 6.45) is 2.56. The van der Waals surface area contributed by atoms with Crippen LogP contribution >= 0.6 is 0 Å². The van der Waals surface area contributed by atoms with Crippen molar-refractivity contribution in [1.82, 2.24) is 0 Å². The minimum absolute atomic E-state index is 0.0382. The summed E-state index contributed by atoms with van der Waals surface area (Å²) in [5, 5.41) is 9.12. The van der Waals surface area contributed by atoms with Crippen molar-refractivity contribution >= 4 is 18.2 Å². The molecule has 0 amide bonds. The average Bonchev–Trinajstić information content (AvgIpc) is 2.92. The molecule has 0 bridgehead atoms. The highest BCUT2D eigenvalue weighted by Crippen LogP contribution is 2.44. The molecule has 0 aromatic rings. The number of carbonyl (C=O) groups excluding carboxylic acids is 3.